The second-order valence-electron chi connectivity index (χ2n) is 5.48. The van der Waals surface area contributed by atoms with E-state index in [4.69, 9.17) is 0 Å². The highest BCUT2D eigenvalue weighted by molar-refractivity contribution is 14.1. The number of aromatic amines is 1. The lowest BCUT2D eigenvalue weighted by Crippen LogP contribution is -2.15. The highest BCUT2D eigenvalue weighted by Crippen LogP contribution is 2.24. The van der Waals surface area contributed by atoms with Crippen LogP contribution < -0.4 is 5.32 Å². The molecule has 2 aromatic carbocycles. The summed E-state index contributed by atoms with van der Waals surface area (Å²) in [4.78, 5) is 0. The fourth-order valence-electron chi connectivity index (χ4n) is 2.46. The van der Waals surface area contributed by atoms with Gasteiger partial charge in [0.15, 0.2) is 0 Å². The molecule has 114 valence electrons. The quantitative estimate of drug-likeness (QED) is 0.493. The standard InChI is InChI=1S/C17H17BrIN3/c1-11(2-3-12-4-6-13(19)7-5-12)20-14-8-9-16-15(10-14)17(18)22-21-16/h4-11,20H,2-3H2,1H3,(H,21,22). The summed E-state index contributed by atoms with van der Waals surface area (Å²) in [5.74, 6) is 0. The van der Waals surface area contributed by atoms with Crippen LogP contribution in [-0.2, 0) is 6.42 Å². The molecule has 0 fully saturated rings. The van der Waals surface area contributed by atoms with E-state index in [9.17, 15) is 0 Å². The van der Waals surface area contributed by atoms with Crippen LogP contribution in [0.2, 0.25) is 0 Å². The molecular formula is C17H17BrIN3. The van der Waals surface area contributed by atoms with Crippen molar-refractivity contribution in [3.8, 4) is 0 Å². The molecular weight excluding hydrogens is 453 g/mol. The van der Waals surface area contributed by atoms with Gasteiger partial charge in [0.1, 0.15) is 4.60 Å². The first-order valence-electron chi connectivity index (χ1n) is 7.26. The third kappa shape index (κ3) is 3.81. The molecule has 22 heavy (non-hydrogen) atoms. The van der Waals surface area contributed by atoms with Gasteiger partial charge < -0.3 is 5.32 Å². The summed E-state index contributed by atoms with van der Waals surface area (Å²) in [7, 11) is 0. The molecule has 1 unspecified atom stereocenters. The summed E-state index contributed by atoms with van der Waals surface area (Å²) in [5.41, 5.74) is 3.50. The number of H-pyrrole nitrogens is 1. The highest BCUT2D eigenvalue weighted by atomic mass is 127. The fraction of sp³-hybridized carbons (Fsp3) is 0.235. The second-order valence-corrected chi connectivity index (χ2v) is 7.52. The SMILES string of the molecule is CC(CCc1ccc(I)cc1)Nc1ccc2n[nH]c(Br)c2c1. The number of anilines is 1. The van der Waals surface area contributed by atoms with E-state index in [0.717, 1.165) is 34.0 Å². The van der Waals surface area contributed by atoms with E-state index in [0.29, 0.717) is 6.04 Å². The number of benzene rings is 2. The molecule has 0 aliphatic carbocycles. The summed E-state index contributed by atoms with van der Waals surface area (Å²) in [5, 5.41) is 11.8. The molecule has 3 rings (SSSR count). The van der Waals surface area contributed by atoms with E-state index in [1.165, 1.54) is 9.13 Å². The maximum Gasteiger partial charge on any atom is 0.108 e. The predicted octanol–water partition coefficient (Wildman–Crippen LogP) is 5.36. The molecule has 0 bridgehead atoms. The van der Waals surface area contributed by atoms with Gasteiger partial charge in [0.2, 0.25) is 0 Å². The zero-order chi connectivity index (χ0) is 15.5. The van der Waals surface area contributed by atoms with Crippen LogP contribution in [0.5, 0.6) is 0 Å². The minimum atomic E-state index is 0.419. The highest BCUT2D eigenvalue weighted by Gasteiger charge is 2.06. The van der Waals surface area contributed by atoms with Crippen LogP contribution in [0.3, 0.4) is 0 Å². The van der Waals surface area contributed by atoms with Gasteiger partial charge in [-0.3, -0.25) is 5.10 Å². The van der Waals surface area contributed by atoms with Crippen molar-refractivity contribution in [3.63, 3.8) is 0 Å². The zero-order valence-electron chi connectivity index (χ0n) is 12.2. The predicted molar refractivity (Wildman–Crippen MR) is 104 cm³/mol. The lowest BCUT2D eigenvalue weighted by Gasteiger charge is -2.15. The number of rotatable bonds is 5. The minimum absolute atomic E-state index is 0.419. The van der Waals surface area contributed by atoms with Crippen molar-refractivity contribution in [1.29, 1.82) is 0 Å². The number of halogens is 2. The van der Waals surface area contributed by atoms with Gasteiger partial charge in [-0.15, -0.1) is 0 Å². The van der Waals surface area contributed by atoms with Gasteiger partial charge in [-0.05, 0) is 94.2 Å². The summed E-state index contributed by atoms with van der Waals surface area (Å²) in [6, 6.07) is 15.4. The number of aromatic nitrogens is 2. The Kier molecular flexibility index (Phi) is 5.03. The molecule has 0 radical (unpaired) electrons. The Morgan fingerprint density at radius 3 is 2.77 bits per heavy atom. The zero-order valence-corrected chi connectivity index (χ0v) is 16.0. The molecule has 3 aromatic rings. The van der Waals surface area contributed by atoms with E-state index in [1.54, 1.807) is 0 Å². The Labute approximate surface area is 152 Å². The smallest absolute Gasteiger partial charge is 0.108 e. The van der Waals surface area contributed by atoms with Crippen LogP contribution in [0.4, 0.5) is 5.69 Å². The van der Waals surface area contributed by atoms with E-state index < -0.39 is 0 Å². The van der Waals surface area contributed by atoms with Gasteiger partial charge in [0, 0.05) is 20.7 Å². The normalized spacial score (nSPS) is 12.5. The van der Waals surface area contributed by atoms with Crippen molar-refractivity contribution in [2.75, 3.05) is 5.32 Å². The first kappa shape index (κ1) is 15.8. The number of fused-ring (bicyclic) bond motifs is 1. The molecule has 1 heterocycles. The molecule has 0 spiro atoms. The Balaban J connectivity index is 1.61. The van der Waals surface area contributed by atoms with Crippen LogP contribution in [0, 0.1) is 3.57 Å². The first-order valence-corrected chi connectivity index (χ1v) is 9.13. The Hall–Kier alpha value is -1.08. The average molecular weight is 470 g/mol. The lowest BCUT2D eigenvalue weighted by molar-refractivity contribution is 0.706. The fourth-order valence-corrected chi connectivity index (χ4v) is 3.23. The summed E-state index contributed by atoms with van der Waals surface area (Å²) in [6.45, 7) is 2.22. The molecule has 1 atom stereocenters. The molecule has 2 N–H and O–H groups in total. The van der Waals surface area contributed by atoms with Crippen molar-refractivity contribution >= 4 is 55.1 Å². The number of hydrogen-bond donors (Lipinski definition) is 2. The summed E-state index contributed by atoms with van der Waals surface area (Å²) >= 11 is 5.83. The van der Waals surface area contributed by atoms with Crippen molar-refractivity contribution in [2.45, 2.75) is 25.8 Å². The van der Waals surface area contributed by atoms with Crippen LogP contribution in [-0.4, -0.2) is 16.2 Å². The monoisotopic (exact) mass is 469 g/mol. The number of aryl methyl sites for hydroxylation is 1. The average Bonchev–Trinajstić information content (AvgIpc) is 2.88. The lowest BCUT2D eigenvalue weighted by atomic mass is 10.1. The van der Waals surface area contributed by atoms with Gasteiger partial charge in [0.25, 0.3) is 0 Å². The van der Waals surface area contributed by atoms with Gasteiger partial charge in [-0.25, -0.2) is 0 Å². The van der Waals surface area contributed by atoms with E-state index >= 15 is 0 Å². The second kappa shape index (κ2) is 7.00. The number of hydrogen-bond acceptors (Lipinski definition) is 2. The van der Waals surface area contributed by atoms with Gasteiger partial charge in [-0.2, -0.15) is 5.10 Å². The molecule has 0 aliphatic heterocycles. The van der Waals surface area contributed by atoms with Crippen molar-refractivity contribution in [2.24, 2.45) is 0 Å². The molecule has 0 aliphatic rings. The van der Waals surface area contributed by atoms with Gasteiger partial charge in [-0.1, -0.05) is 12.1 Å². The maximum atomic E-state index is 4.22. The van der Waals surface area contributed by atoms with Gasteiger partial charge in [0.05, 0.1) is 5.52 Å². The van der Waals surface area contributed by atoms with Crippen molar-refractivity contribution in [3.05, 3.63) is 56.2 Å². The molecule has 0 amide bonds. The van der Waals surface area contributed by atoms with Crippen LogP contribution in [0.1, 0.15) is 18.9 Å². The van der Waals surface area contributed by atoms with E-state index in [2.05, 4.69) is 97.4 Å². The maximum absolute atomic E-state index is 4.22. The Morgan fingerprint density at radius 1 is 1.23 bits per heavy atom. The molecule has 1 aromatic heterocycles. The van der Waals surface area contributed by atoms with Gasteiger partial charge >= 0.3 is 0 Å². The molecule has 3 nitrogen and oxygen atoms in total. The van der Waals surface area contributed by atoms with E-state index in [1.807, 2.05) is 6.07 Å². The number of nitrogens with zero attached hydrogens (tertiary/aromatic N) is 1. The van der Waals surface area contributed by atoms with Crippen LogP contribution in [0.15, 0.2) is 47.1 Å². The van der Waals surface area contributed by atoms with E-state index in [-0.39, 0.29) is 0 Å². The van der Waals surface area contributed by atoms with Crippen LogP contribution >= 0.6 is 38.5 Å². The molecule has 5 heteroatoms. The molecule has 0 saturated heterocycles. The first-order chi connectivity index (χ1) is 10.6. The topological polar surface area (TPSA) is 40.7 Å². The van der Waals surface area contributed by atoms with Crippen LogP contribution in [0.25, 0.3) is 10.9 Å². The third-order valence-electron chi connectivity index (χ3n) is 3.70. The Morgan fingerprint density at radius 2 is 2.00 bits per heavy atom. The summed E-state index contributed by atoms with van der Waals surface area (Å²) < 4.78 is 2.21. The third-order valence-corrected chi connectivity index (χ3v) is 5.02. The van der Waals surface area contributed by atoms with Crippen molar-refractivity contribution < 1.29 is 0 Å². The Bertz CT molecular complexity index is 767. The largest absolute Gasteiger partial charge is 0.383 e. The molecule has 0 saturated carbocycles. The van der Waals surface area contributed by atoms with Crippen molar-refractivity contribution in [1.82, 2.24) is 10.2 Å². The number of nitrogens with one attached hydrogen (secondary N) is 2. The minimum Gasteiger partial charge on any atom is -0.383 e. The summed E-state index contributed by atoms with van der Waals surface area (Å²) in [6.07, 6.45) is 2.19.